The van der Waals surface area contributed by atoms with E-state index in [4.69, 9.17) is 11.5 Å². The lowest BCUT2D eigenvalue weighted by atomic mass is 10.1. The molecule has 0 aromatic carbocycles. The fraction of sp³-hybridized carbons (Fsp3) is 0.600. The quantitative estimate of drug-likeness (QED) is 0.476. The Labute approximate surface area is 73.9 Å². The third-order valence-corrected chi connectivity index (χ3v) is 1.67. The van der Waals surface area contributed by atoms with Gasteiger partial charge in [-0.15, -0.1) is 12.3 Å². The molecule has 2 heteroatoms. The van der Waals surface area contributed by atoms with E-state index in [1.54, 1.807) is 6.08 Å². The van der Waals surface area contributed by atoms with Gasteiger partial charge in [0, 0.05) is 6.42 Å². The number of rotatable bonds is 5. The largest absolute Gasteiger partial charge is 0.392 e. The van der Waals surface area contributed by atoms with Crippen LogP contribution in [-0.4, -0.2) is 22.9 Å². The number of aliphatic hydroxyl groups is 2. The summed E-state index contributed by atoms with van der Waals surface area (Å²) in [6, 6.07) is 0. The Morgan fingerprint density at radius 1 is 1.67 bits per heavy atom. The molecule has 0 bridgehead atoms. The zero-order valence-electron chi connectivity index (χ0n) is 7.45. The van der Waals surface area contributed by atoms with Crippen molar-refractivity contribution in [2.45, 2.75) is 32.3 Å². The van der Waals surface area contributed by atoms with Crippen molar-refractivity contribution in [1.82, 2.24) is 0 Å². The van der Waals surface area contributed by atoms with Gasteiger partial charge in [0.2, 0.25) is 0 Å². The average Bonchev–Trinajstić information content (AvgIpc) is 2.02. The Hall–Kier alpha value is -0.780. The first kappa shape index (κ1) is 11.2. The Morgan fingerprint density at radius 3 is 2.83 bits per heavy atom. The van der Waals surface area contributed by atoms with E-state index in [-0.39, 0.29) is 6.61 Å². The maximum atomic E-state index is 9.23. The number of hydrogen-bond acceptors (Lipinski definition) is 2. The summed E-state index contributed by atoms with van der Waals surface area (Å²) in [5.41, 5.74) is 1.09. The van der Waals surface area contributed by atoms with Gasteiger partial charge in [-0.05, 0) is 19.8 Å². The summed E-state index contributed by atoms with van der Waals surface area (Å²) < 4.78 is 0. The van der Waals surface area contributed by atoms with Gasteiger partial charge in [-0.3, -0.25) is 0 Å². The van der Waals surface area contributed by atoms with Crippen LogP contribution in [0.3, 0.4) is 0 Å². The van der Waals surface area contributed by atoms with Crippen molar-refractivity contribution < 1.29 is 10.2 Å². The Bertz CT molecular complexity index is 177. The Morgan fingerprint density at radius 2 is 2.33 bits per heavy atom. The monoisotopic (exact) mass is 168 g/mol. The van der Waals surface area contributed by atoms with Crippen LogP contribution in [0, 0.1) is 12.3 Å². The predicted molar refractivity (Wildman–Crippen MR) is 49.5 cm³/mol. The first-order valence-electron chi connectivity index (χ1n) is 4.08. The lowest BCUT2D eigenvalue weighted by Gasteiger charge is -2.06. The Balaban J connectivity index is 3.55. The average molecular weight is 168 g/mol. The van der Waals surface area contributed by atoms with E-state index in [0.29, 0.717) is 12.8 Å². The van der Waals surface area contributed by atoms with Gasteiger partial charge >= 0.3 is 0 Å². The third kappa shape index (κ3) is 5.96. The molecule has 0 aliphatic rings. The summed E-state index contributed by atoms with van der Waals surface area (Å²) in [4.78, 5) is 0. The molecular weight excluding hydrogens is 152 g/mol. The van der Waals surface area contributed by atoms with Crippen molar-refractivity contribution in [3.05, 3.63) is 11.6 Å². The van der Waals surface area contributed by atoms with E-state index < -0.39 is 6.10 Å². The highest BCUT2D eigenvalue weighted by molar-refractivity contribution is 4.98. The summed E-state index contributed by atoms with van der Waals surface area (Å²) in [5, 5.41) is 17.8. The third-order valence-electron chi connectivity index (χ3n) is 1.67. The lowest BCUT2D eigenvalue weighted by Crippen LogP contribution is -2.04. The van der Waals surface area contributed by atoms with Crippen LogP contribution >= 0.6 is 0 Å². The zero-order valence-corrected chi connectivity index (χ0v) is 7.45. The molecule has 0 amide bonds. The molecule has 0 spiro atoms. The van der Waals surface area contributed by atoms with Crippen LogP contribution in [0.5, 0.6) is 0 Å². The first-order valence-corrected chi connectivity index (χ1v) is 4.08. The van der Waals surface area contributed by atoms with E-state index in [9.17, 15) is 5.11 Å². The molecule has 2 N–H and O–H groups in total. The molecule has 0 saturated carbocycles. The fourth-order valence-corrected chi connectivity index (χ4v) is 0.890. The molecule has 0 heterocycles. The normalized spacial score (nSPS) is 14.0. The topological polar surface area (TPSA) is 40.5 Å². The second-order valence-electron chi connectivity index (χ2n) is 2.83. The smallest absolute Gasteiger partial charge is 0.0652 e. The maximum absolute atomic E-state index is 9.23. The van der Waals surface area contributed by atoms with E-state index in [2.05, 4.69) is 5.92 Å². The molecule has 1 unspecified atom stereocenters. The van der Waals surface area contributed by atoms with Gasteiger partial charge in [-0.1, -0.05) is 11.6 Å². The van der Waals surface area contributed by atoms with Gasteiger partial charge in [0.1, 0.15) is 0 Å². The molecule has 0 radical (unpaired) electrons. The highest BCUT2D eigenvalue weighted by Gasteiger charge is 2.01. The van der Waals surface area contributed by atoms with Gasteiger partial charge in [0.05, 0.1) is 12.7 Å². The predicted octanol–water partition coefficient (Wildman–Crippen LogP) is 1.09. The maximum Gasteiger partial charge on any atom is 0.0652 e. The lowest BCUT2D eigenvalue weighted by molar-refractivity contribution is 0.170. The zero-order chi connectivity index (χ0) is 9.40. The van der Waals surface area contributed by atoms with E-state index in [0.717, 1.165) is 12.0 Å². The number of allylic oxidation sites excluding steroid dienone is 1. The van der Waals surface area contributed by atoms with Crippen molar-refractivity contribution >= 4 is 0 Å². The van der Waals surface area contributed by atoms with E-state index >= 15 is 0 Å². The van der Waals surface area contributed by atoms with Gasteiger partial charge in [-0.2, -0.15) is 0 Å². The molecule has 0 rings (SSSR count). The van der Waals surface area contributed by atoms with Crippen LogP contribution in [0.2, 0.25) is 0 Å². The second-order valence-corrected chi connectivity index (χ2v) is 2.83. The SMILES string of the molecule is C#CCC(O)CC/C(C)=C/CO. The molecular formula is C10H16O2. The molecule has 1 atom stereocenters. The molecule has 2 nitrogen and oxygen atoms in total. The summed E-state index contributed by atoms with van der Waals surface area (Å²) in [5.74, 6) is 2.40. The molecule has 0 aliphatic heterocycles. The van der Waals surface area contributed by atoms with Crippen LogP contribution in [0.15, 0.2) is 11.6 Å². The highest BCUT2D eigenvalue weighted by Crippen LogP contribution is 2.08. The van der Waals surface area contributed by atoms with Crippen LogP contribution in [0.4, 0.5) is 0 Å². The molecule has 0 saturated heterocycles. The van der Waals surface area contributed by atoms with Gasteiger partial charge in [0.15, 0.2) is 0 Å². The standard InChI is InChI=1S/C10H16O2/c1-3-4-10(12)6-5-9(2)7-8-11/h1,7,10-12H,4-6,8H2,2H3/b9-7+. The van der Waals surface area contributed by atoms with Gasteiger partial charge < -0.3 is 10.2 Å². The van der Waals surface area contributed by atoms with Crippen molar-refractivity contribution in [1.29, 1.82) is 0 Å². The van der Waals surface area contributed by atoms with Crippen LogP contribution < -0.4 is 0 Å². The van der Waals surface area contributed by atoms with Crippen LogP contribution in [0.1, 0.15) is 26.2 Å². The van der Waals surface area contributed by atoms with Gasteiger partial charge in [0.25, 0.3) is 0 Å². The summed E-state index contributed by atoms with van der Waals surface area (Å²) >= 11 is 0. The van der Waals surface area contributed by atoms with Crippen LogP contribution in [-0.2, 0) is 0 Å². The number of terminal acetylenes is 1. The molecule has 0 fully saturated rings. The van der Waals surface area contributed by atoms with Crippen molar-refractivity contribution in [3.8, 4) is 12.3 Å². The Kier molecular flexibility index (Phi) is 6.45. The minimum Gasteiger partial charge on any atom is -0.392 e. The van der Waals surface area contributed by atoms with Crippen molar-refractivity contribution in [3.63, 3.8) is 0 Å². The number of hydrogen-bond donors (Lipinski definition) is 2. The number of aliphatic hydroxyl groups excluding tert-OH is 2. The molecule has 0 aliphatic carbocycles. The molecule has 68 valence electrons. The van der Waals surface area contributed by atoms with Crippen molar-refractivity contribution in [2.75, 3.05) is 6.61 Å². The van der Waals surface area contributed by atoms with Crippen LogP contribution in [0.25, 0.3) is 0 Å². The summed E-state index contributed by atoms with van der Waals surface area (Å²) in [7, 11) is 0. The first-order chi connectivity index (χ1) is 5.70. The van der Waals surface area contributed by atoms with E-state index in [1.807, 2.05) is 6.92 Å². The fourth-order valence-electron chi connectivity index (χ4n) is 0.890. The minimum atomic E-state index is -0.406. The minimum absolute atomic E-state index is 0.0665. The molecule has 12 heavy (non-hydrogen) atoms. The highest BCUT2D eigenvalue weighted by atomic mass is 16.3. The second kappa shape index (κ2) is 6.90. The molecule has 0 aromatic rings. The summed E-state index contributed by atoms with van der Waals surface area (Å²) in [6.45, 7) is 2.00. The summed E-state index contributed by atoms with van der Waals surface area (Å²) in [6.07, 6.45) is 8.24. The van der Waals surface area contributed by atoms with E-state index in [1.165, 1.54) is 0 Å². The molecule has 0 aromatic heterocycles. The van der Waals surface area contributed by atoms with Crippen molar-refractivity contribution in [2.24, 2.45) is 0 Å². The van der Waals surface area contributed by atoms with Gasteiger partial charge in [-0.25, -0.2) is 0 Å².